The van der Waals surface area contributed by atoms with E-state index in [1.807, 2.05) is 30.3 Å². The fourth-order valence-electron chi connectivity index (χ4n) is 2.79. The summed E-state index contributed by atoms with van der Waals surface area (Å²) in [6.07, 6.45) is 2.05. The van der Waals surface area contributed by atoms with E-state index >= 15 is 0 Å². The summed E-state index contributed by atoms with van der Waals surface area (Å²) in [4.78, 5) is 16.8. The van der Waals surface area contributed by atoms with E-state index in [9.17, 15) is 4.79 Å². The van der Waals surface area contributed by atoms with Crippen LogP contribution >= 0.6 is 12.4 Å². The Balaban J connectivity index is 0.00000192. The van der Waals surface area contributed by atoms with E-state index in [2.05, 4.69) is 22.5 Å². The molecule has 2 unspecified atom stereocenters. The first kappa shape index (κ1) is 17.5. The number of aromatic nitrogens is 1. The summed E-state index contributed by atoms with van der Waals surface area (Å²) in [5.41, 5.74) is 1.49. The Morgan fingerprint density at radius 3 is 2.78 bits per heavy atom. The Morgan fingerprint density at radius 2 is 2.09 bits per heavy atom. The lowest BCUT2D eigenvalue weighted by Gasteiger charge is -2.30. The maximum Gasteiger partial charge on any atom is 0.289 e. The lowest BCUT2D eigenvalue weighted by atomic mass is 10.00. The Hall–Kier alpha value is -1.85. The van der Waals surface area contributed by atoms with Crippen molar-refractivity contribution in [2.24, 2.45) is 0 Å². The van der Waals surface area contributed by atoms with Crippen molar-refractivity contribution in [1.29, 1.82) is 0 Å². The van der Waals surface area contributed by atoms with Gasteiger partial charge in [-0.3, -0.25) is 4.79 Å². The fourth-order valence-corrected chi connectivity index (χ4v) is 2.79. The zero-order valence-corrected chi connectivity index (χ0v) is 14.2. The minimum Gasteiger partial charge on any atom is -0.431 e. The molecular weight excluding hydrogens is 314 g/mol. The number of amides is 1. The van der Waals surface area contributed by atoms with Crippen molar-refractivity contribution in [1.82, 2.24) is 15.6 Å². The Labute approximate surface area is 142 Å². The van der Waals surface area contributed by atoms with Crippen LogP contribution < -0.4 is 10.6 Å². The van der Waals surface area contributed by atoms with Gasteiger partial charge >= 0.3 is 0 Å². The maximum absolute atomic E-state index is 12.5. The van der Waals surface area contributed by atoms with Crippen molar-refractivity contribution < 1.29 is 9.21 Å². The van der Waals surface area contributed by atoms with Gasteiger partial charge in [0.05, 0.1) is 5.69 Å². The smallest absolute Gasteiger partial charge is 0.289 e. The number of benzene rings is 1. The van der Waals surface area contributed by atoms with Crippen molar-refractivity contribution in [3.63, 3.8) is 0 Å². The maximum atomic E-state index is 12.5. The molecule has 0 aliphatic carbocycles. The van der Waals surface area contributed by atoms with Crippen molar-refractivity contribution in [2.75, 3.05) is 6.54 Å². The van der Waals surface area contributed by atoms with E-state index in [1.54, 1.807) is 6.92 Å². The molecule has 2 N–H and O–H groups in total. The van der Waals surface area contributed by atoms with Crippen molar-refractivity contribution in [3.05, 3.63) is 41.8 Å². The molecule has 23 heavy (non-hydrogen) atoms. The Bertz CT molecular complexity index is 657. The summed E-state index contributed by atoms with van der Waals surface area (Å²) in [7, 11) is 0. The number of piperidine rings is 1. The van der Waals surface area contributed by atoms with Gasteiger partial charge in [0.2, 0.25) is 11.7 Å². The molecule has 1 saturated heterocycles. The van der Waals surface area contributed by atoms with Gasteiger partial charge in [-0.1, -0.05) is 18.2 Å². The third-order valence-corrected chi connectivity index (χ3v) is 4.10. The van der Waals surface area contributed by atoms with Crippen LogP contribution in [0.4, 0.5) is 0 Å². The largest absolute Gasteiger partial charge is 0.431 e. The molecule has 1 aromatic carbocycles. The molecular formula is C17H22ClN3O2. The van der Waals surface area contributed by atoms with Gasteiger partial charge in [0.15, 0.2) is 0 Å². The molecule has 1 aliphatic heterocycles. The summed E-state index contributed by atoms with van der Waals surface area (Å²) < 4.78 is 5.70. The summed E-state index contributed by atoms with van der Waals surface area (Å²) in [5.74, 6) is 0.599. The number of carbonyl (C=O) groups is 1. The number of oxazole rings is 1. The number of nitrogens with zero attached hydrogens (tertiary/aromatic N) is 1. The van der Waals surface area contributed by atoms with E-state index < -0.39 is 0 Å². The van der Waals surface area contributed by atoms with Crippen LogP contribution in [0.1, 0.15) is 36.0 Å². The molecule has 0 saturated carbocycles. The number of nitrogens with one attached hydrogen (secondary N) is 2. The Morgan fingerprint density at radius 1 is 1.35 bits per heavy atom. The molecule has 0 spiro atoms. The normalized spacial score (nSPS) is 20.6. The average Bonchev–Trinajstić information content (AvgIpc) is 2.92. The second-order valence-corrected chi connectivity index (χ2v) is 5.76. The molecule has 1 amide bonds. The van der Waals surface area contributed by atoms with E-state index in [0.29, 0.717) is 17.3 Å². The topological polar surface area (TPSA) is 67.2 Å². The van der Waals surface area contributed by atoms with Crippen LogP contribution in [0.5, 0.6) is 0 Å². The van der Waals surface area contributed by atoms with Crippen molar-refractivity contribution in [2.45, 2.75) is 38.8 Å². The van der Waals surface area contributed by atoms with Gasteiger partial charge in [-0.05, 0) is 45.4 Å². The highest BCUT2D eigenvalue weighted by Crippen LogP contribution is 2.21. The molecule has 0 radical (unpaired) electrons. The molecule has 6 heteroatoms. The summed E-state index contributed by atoms with van der Waals surface area (Å²) in [6, 6.07) is 10.0. The first-order valence-corrected chi connectivity index (χ1v) is 7.72. The van der Waals surface area contributed by atoms with Gasteiger partial charge in [-0.2, -0.15) is 0 Å². The summed E-state index contributed by atoms with van der Waals surface area (Å²) in [6.45, 7) is 4.90. The first-order valence-electron chi connectivity index (χ1n) is 7.72. The van der Waals surface area contributed by atoms with Gasteiger partial charge in [-0.15, -0.1) is 12.4 Å². The third kappa shape index (κ3) is 3.92. The lowest BCUT2D eigenvalue weighted by molar-refractivity contribution is 0.0891. The highest BCUT2D eigenvalue weighted by atomic mass is 35.5. The number of hydrogen-bond acceptors (Lipinski definition) is 4. The van der Waals surface area contributed by atoms with Crippen molar-refractivity contribution >= 4 is 18.3 Å². The summed E-state index contributed by atoms with van der Waals surface area (Å²) >= 11 is 0. The van der Waals surface area contributed by atoms with E-state index in [-0.39, 0.29) is 30.4 Å². The van der Waals surface area contributed by atoms with Gasteiger partial charge in [0, 0.05) is 17.6 Å². The number of hydrogen-bond donors (Lipinski definition) is 2. The van der Waals surface area contributed by atoms with Crippen LogP contribution in [-0.2, 0) is 0 Å². The molecule has 0 bridgehead atoms. The molecule has 5 nitrogen and oxygen atoms in total. The fraction of sp³-hybridized carbons (Fsp3) is 0.412. The van der Waals surface area contributed by atoms with Crippen LogP contribution in [0.15, 0.2) is 34.7 Å². The predicted octanol–water partition coefficient (Wildman–Crippen LogP) is 2.94. The molecule has 2 atom stereocenters. The van der Waals surface area contributed by atoms with Crippen LogP contribution in [0.2, 0.25) is 0 Å². The monoisotopic (exact) mass is 335 g/mol. The number of rotatable bonds is 3. The standard InChI is InChI=1S/C17H21N3O2.ClH/c1-11-14(9-6-10-18-11)20-16(21)15-12(2)19-17(22-15)13-7-4-3-5-8-13;/h3-5,7-8,11,14,18H,6,9-10H2,1-2H3,(H,20,21);1H. The van der Waals surface area contributed by atoms with Gasteiger partial charge in [0.25, 0.3) is 5.91 Å². The molecule has 1 fully saturated rings. The molecule has 124 valence electrons. The minimum absolute atomic E-state index is 0. The van der Waals surface area contributed by atoms with E-state index in [0.717, 1.165) is 24.9 Å². The lowest BCUT2D eigenvalue weighted by Crippen LogP contribution is -2.51. The van der Waals surface area contributed by atoms with Crippen LogP contribution in [0, 0.1) is 6.92 Å². The van der Waals surface area contributed by atoms with Gasteiger partial charge < -0.3 is 15.1 Å². The van der Waals surface area contributed by atoms with E-state index in [1.165, 1.54) is 0 Å². The minimum atomic E-state index is -0.187. The van der Waals surface area contributed by atoms with Crippen LogP contribution in [0.3, 0.4) is 0 Å². The van der Waals surface area contributed by atoms with Gasteiger partial charge in [0.1, 0.15) is 0 Å². The molecule has 3 rings (SSSR count). The van der Waals surface area contributed by atoms with Gasteiger partial charge in [-0.25, -0.2) is 4.98 Å². The summed E-state index contributed by atoms with van der Waals surface area (Å²) in [5, 5.41) is 6.43. The third-order valence-electron chi connectivity index (χ3n) is 4.10. The molecule has 2 aromatic rings. The quantitative estimate of drug-likeness (QED) is 0.905. The molecule has 1 aliphatic rings. The first-order chi connectivity index (χ1) is 10.6. The predicted molar refractivity (Wildman–Crippen MR) is 91.9 cm³/mol. The second-order valence-electron chi connectivity index (χ2n) is 5.76. The van der Waals surface area contributed by atoms with Crippen LogP contribution in [0.25, 0.3) is 11.5 Å². The second kappa shape index (κ2) is 7.62. The molecule has 2 heterocycles. The van der Waals surface area contributed by atoms with Crippen molar-refractivity contribution in [3.8, 4) is 11.5 Å². The zero-order valence-electron chi connectivity index (χ0n) is 13.3. The number of aryl methyl sites for hydroxylation is 1. The molecule has 1 aromatic heterocycles. The Kier molecular flexibility index (Phi) is 5.80. The average molecular weight is 336 g/mol. The SMILES string of the molecule is Cc1nc(-c2ccccc2)oc1C(=O)NC1CCCNC1C.Cl. The number of carbonyl (C=O) groups excluding carboxylic acids is 1. The highest BCUT2D eigenvalue weighted by Gasteiger charge is 2.25. The highest BCUT2D eigenvalue weighted by molar-refractivity contribution is 5.93. The van der Waals surface area contributed by atoms with Crippen LogP contribution in [-0.4, -0.2) is 29.5 Å². The van der Waals surface area contributed by atoms with E-state index in [4.69, 9.17) is 4.42 Å². The zero-order chi connectivity index (χ0) is 15.5. The number of halogens is 1.